The molecular weight excluding hydrogens is 344 g/mol. The van der Waals surface area contributed by atoms with E-state index in [9.17, 15) is 4.79 Å². The van der Waals surface area contributed by atoms with E-state index < -0.39 is 0 Å². The maximum absolute atomic E-state index is 12.8. The SMILES string of the molecule is CC(NC(=O)C1CC2CCCC(C1)C2N)c1ccc2ccccc2c1.Cl. The number of benzene rings is 2. The third kappa shape index (κ3) is 3.74. The molecule has 3 unspecified atom stereocenters. The molecule has 2 saturated carbocycles. The van der Waals surface area contributed by atoms with E-state index in [0.29, 0.717) is 17.9 Å². The van der Waals surface area contributed by atoms with Crippen LogP contribution in [0.2, 0.25) is 0 Å². The number of carbonyl (C=O) groups excluding carboxylic acids is 1. The van der Waals surface area contributed by atoms with Crippen LogP contribution in [0.3, 0.4) is 0 Å². The van der Waals surface area contributed by atoms with E-state index in [0.717, 1.165) is 12.8 Å². The van der Waals surface area contributed by atoms with Crippen molar-refractivity contribution in [2.75, 3.05) is 0 Å². The third-order valence-corrected chi connectivity index (χ3v) is 6.42. The number of hydrogen-bond acceptors (Lipinski definition) is 2. The zero-order chi connectivity index (χ0) is 17.4. The Morgan fingerprint density at radius 3 is 2.42 bits per heavy atom. The zero-order valence-electron chi connectivity index (χ0n) is 15.4. The van der Waals surface area contributed by atoms with Gasteiger partial charge in [-0.1, -0.05) is 42.8 Å². The molecule has 2 aromatic carbocycles. The van der Waals surface area contributed by atoms with Gasteiger partial charge in [0, 0.05) is 12.0 Å². The molecule has 3 N–H and O–H groups in total. The number of fused-ring (bicyclic) bond motifs is 3. The van der Waals surface area contributed by atoms with E-state index in [1.165, 1.54) is 35.6 Å². The highest BCUT2D eigenvalue weighted by molar-refractivity contribution is 5.85. The fraction of sp³-hybridized carbons (Fsp3) is 0.500. The molecule has 2 fully saturated rings. The molecule has 26 heavy (non-hydrogen) atoms. The number of nitrogens with two attached hydrogens (primary N) is 1. The molecule has 0 radical (unpaired) electrons. The van der Waals surface area contributed by atoms with Crippen molar-refractivity contribution in [3.63, 3.8) is 0 Å². The van der Waals surface area contributed by atoms with Crippen molar-refractivity contribution >= 4 is 29.1 Å². The minimum absolute atomic E-state index is 0. The van der Waals surface area contributed by atoms with Gasteiger partial charge in [-0.2, -0.15) is 0 Å². The molecule has 1 amide bonds. The molecular formula is C22H29ClN2O. The minimum atomic E-state index is 0. The Bertz CT molecular complexity index is 764. The average molecular weight is 373 g/mol. The number of nitrogens with one attached hydrogen (secondary N) is 1. The predicted octanol–water partition coefficient (Wildman–Crippen LogP) is 4.59. The summed E-state index contributed by atoms with van der Waals surface area (Å²) in [5.41, 5.74) is 7.53. The molecule has 0 saturated heterocycles. The van der Waals surface area contributed by atoms with Gasteiger partial charge >= 0.3 is 0 Å². The zero-order valence-corrected chi connectivity index (χ0v) is 16.2. The second kappa shape index (κ2) is 7.98. The number of carbonyl (C=O) groups is 1. The smallest absolute Gasteiger partial charge is 0.223 e. The van der Waals surface area contributed by atoms with E-state index in [-0.39, 0.29) is 30.3 Å². The lowest BCUT2D eigenvalue weighted by Crippen LogP contribution is -2.49. The van der Waals surface area contributed by atoms with Crippen LogP contribution in [-0.4, -0.2) is 11.9 Å². The summed E-state index contributed by atoms with van der Waals surface area (Å²) in [5, 5.41) is 5.71. The summed E-state index contributed by atoms with van der Waals surface area (Å²) in [6.45, 7) is 2.08. The van der Waals surface area contributed by atoms with Gasteiger partial charge in [0.05, 0.1) is 6.04 Å². The Hall–Kier alpha value is -1.58. The summed E-state index contributed by atoms with van der Waals surface area (Å²) < 4.78 is 0. The van der Waals surface area contributed by atoms with Crippen molar-refractivity contribution in [1.82, 2.24) is 5.32 Å². The lowest BCUT2D eigenvalue weighted by molar-refractivity contribution is -0.128. The molecule has 3 nitrogen and oxygen atoms in total. The van der Waals surface area contributed by atoms with E-state index in [2.05, 4.69) is 54.7 Å². The van der Waals surface area contributed by atoms with Gasteiger partial charge in [-0.3, -0.25) is 4.79 Å². The second-order valence-electron chi connectivity index (χ2n) is 8.03. The number of rotatable bonds is 3. The molecule has 3 atom stereocenters. The van der Waals surface area contributed by atoms with Crippen LogP contribution in [0.4, 0.5) is 0 Å². The fourth-order valence-corrected chi connectivity index (χ4v) is 4.89. The highest BCUT2D eigenvalue weighted by Crippen LogP contribution is 2.42. The van der Waals surface area contributed by atoms with Crippen LogP contribution in [0.1, 0.15) is 50.6 Å². The van der Waals surface area contributed by atoms with Crippen LogP contribution < -0.4 is 11.1 Å². The number of hydrogen-bond donors (Lipinski definition) is 2. The monoisotopic (exact) mass is 372 g/mol. The van der Waals surface area contributed by atoms with Crippen molar-refractivity contribution in [2.45, 2.75) is 51.1 Å². The van der Waals surface area contributed by atoms with Gasteiger partial charge in [0.1, 0.15) is 0 Å². The van der Waals surface area contributed by atoms with E-state index in [1.807, 2.05) is 0 Å². The Balaban J connectivity index is 0.00000196. The van der Waals surface area contributed by atoms with Crippen molar-refractivity contribution in [1.29, 1.82) is 0 Å². The second-order valence-corrected chi connectivity index (χ2v) is 8.03. The Morgan fingerprint density at radius 2 is 1.73 bits per heavy atom. The highest BCUT2D eigenvalue weighted by Gasteiger charge is 2.40. The molecule has 0 spiro atoms. The highest BCUT2D eigenvalue weighted by atomic mass is 35.5. The lowest BCUT2D eigenvalue weighted by atomic mass is 9.65. The Morgan fingerprint density at radius 1 is 1.08 bits per heavy atom. The quantitative estimate of drug-likeness (QED) is 0.827. The summed E-state index contributed by atoms with van der Waals surface area (Å²) in [6, 6.07) is 15.1. The molecule has 0 aliphatic heterocycles. The maximum atomic E-state index is 12.8. The predicted molar refractivity (Wildman–Crippen MR) is 109 cm³/mol. The average Bonchev–Trinajstić information content (AvgIpc) is 2.61. The summed E-state index contributed by atoms with van der Waals surface area (Å²) in [5.74, 6) is 1.43. The summed E-state index contributed by atoms with van der Waals surface area (Å²) in [4.78, 5) is 12.8. The van der Waals surface area contributed by atoms with Crippen molar-refractivity contribution in [2.24, 2.45) is 23.5 Å². The normalized spacial score (nSPS) is 28.8. The van der Waals surface area contributed by atoms with Crippen LogP contribution in [0.25, 0.3) is 10.8 Å². The molecule has 2 aromatic rings. The first kappa shape index (κ1) is 19.2. The van der Waals surface area contributed by atoms with Gasteiger partial charge in [-0.25, -0.2) is 0 Å². The summed E-state index contributed by atoms with van der Waals surface area (Å²) in [6.07, 6.45) is 5.61. The molecule has 4 rings (SSSR count). The summed E-state index contributed by atoms with van der Waals surface area (Å²) in [7, 11) is 0. The van der Waals surface area contributed by atoms with Crippen LogP contribution >= 0.6 is 12.4 Å². The van der Waals surface area contributed by atoms with Crippen molar-refractivity contribution in [3.05, 3.63) is 48.0 Å². The van der Waals surface area contributed by atoms with Gasteiger partial charge in [0.25, 0.3) is 0 Å². The molecule has 140 valence electrons. The molecule has 2 bridgehead atoms. The molecule has 0 aromatic heterocycles. The van der Waals surface area contributed by atoms with Gasteiger partial charge < -0.3 is 11.1 Å². The van der Waals surface area contributed by atoms with Gasteiger partial charge in [0.15, 0.2) is 0 Å². The number of amides is 1. The van der Waals surface area contributed by atoms with Crippen LogP contribution in [0, 0.1) is 17.8 Å². The molecule has 2 aliphatic rings. The Labute approximate surface area is 162 Å². The van der Waals surface area contributed by atoms with Crippen molar-refractivity contribution < 1.29 is 4.79 Å². The van der Waals surface area contributed by atoms with E-state index >= 15 is 0 Å². The largest absolute Gasteiger partial charge is 0.349 e. The maximum Gasteiger partial charge on any atom is 0.223 e. The van der Waals surface area contributed by atoms with Gasteiger partial charge in [0.2, 0.25) is 5.91 Å². The van der Waals surface area contributed by atoms with E-state index in [1.54, 1.807) is 0 Å². The minimum Gasteiger partial charge on any atom is -0.349 e. The molecule has 2 aliphatic carbocycles. The van der Waals surface area contributed by atoms with Crippen LogP contribution in [-0.2, 0) is 4.79 Å². The Kier molecular flexibility index (Phi) is 5.89. The van der Waals surface area contributed by atoms with Gasteiger partial charge in [-0.05, 0) is 66.8 Å². The van der Waals surface area contributed by atoms with Crippen molar-refractivity contribution in [3.8, 4) is 0 Å². The molecule has 0 heterocycles. The first-order valence-corrected chi connectivity index (χ1v) is 9.66. The first-order valence-electron chi connectivity index (χ1n) is 9.66. The first-order chi connectivity index (χ1) is 12.1. The standard InChI is InChI=1S/C22H28N2O.ClH/c1-14(16-10-9-15-5-2-3-6-17(15)11-16)24-22(25)20-12-18-7-4-8-19(13-20)21(18)23;/h2-3,5-6,9-11,14,18-21H,4,7-8,12-13,23H2,1H3,(H,24,25);1H. The van der Waals surface area contributed by atoms with Gasteiger partial charge in [-0.15, -0.1) is 12.4 Å². The van der Waals surface area contributed by atoms with Crippen LogP contribution in [0.5, 0.6) is 0 Å². The summed E-state index contributed by atoms with van der Waals surface area (Å²) >= 11 is 0. The van der Waals surface area contributed by atoms with E-state index in [4.69, 9.17) is 5.73 Å². The molecule has 4 heteroatoms. The lowest BCUT2D eigenvalue weighted by Gasteiger charge is -2.43. The number of halogens is 1. The van der Waals surface area contributed by atoms with Crippen LogP contribution in [0.15, 0.2) is 42.5 Å². The third-order valence-electron chi connectivity index (χ3n) is 6.42. The fourth-order valence-electron chi connectivity index (χ4n) is 4.89. The topological polar surface area (TPSA) is 55.1 Å².